The molecule has 0 saturated carbocycles. The van der Waals surface area contributed by atoms with Gasteiger partial charge in [0.2, 0.25) is 0 Å². The average molecular weight is 455 g/mol. The van der Waals surface area contributed by atoms with E-state index in [4.69, 9.17) is 4.74 Å². The molecule has 0 atom stereocenters. The Morgan fingerprint density at radius 3 is 2.16 bits per heavy atom. The molecule has 0 aliphatic rings. The van der Waals surface area contributed by atoms with E-state index in [-0.39, 0.29) is 28.3 Å². The molecule has 0 saturated heterocycles. The van der Waals surface area contributed by atoms with E-state index in [1.54, 1.807) is 13.0 Å². The normalized spacial score (nSPS) is 10.4. The molecule has 32 heavy (non-hydrogen) atoms. The molecule has 1 heterocycles. The van der Waals surface area contributed by atoms with Crippen LogP contribution in [0, 0.1) is 27.2 Å². The molecular formula is C21H17N3O7S. The molecule has 0 aliphatic carbocycles. The van der Waals surface area contributed by atoms with Crippen LogP contribution in [0.1, 0.15) is 33.2 Å². The van der Waals surface area contributed by atoms with Crippen LogP contribution in [-0.4, -0.2) is 28.3 Å². The van der Waals surface area contributed by atoms with Crippen molar-refractivity contribution in [3.05, 3.63) is 85.4 Å². The molecule has 10 nitrogen and oxygen atoms in total. The van der Waals surface area contributed by atoms with E-state index in [0.717, 1.165) is 29.0 Å². The third-order valence-corrected chi connectivity index (χ3v) is 5.62. The number of nitrogens with one attached hydrogen (secondary N) is 1. The number of rotatable bonds is 7. The maximum atomic E-state index is 12.9. The van der Waals surface area contributed by atoms with E-state index in [1.165, 1.54) is 6.92 Å². The van der Waals surface area contributed by atoms with Crippen LogP contribution < -0.4 is 5.32 Å². The number of hydrogen-bond donors (Lipinski definition) is 1. The fourth-order valence-electron chi connectivity index (χ4n) is 2.96. The van der Waals surface area contributed by atoms with E-state index < -0.39 is 33.1 Å². The summed E-state index contributed by atoms with van der Waals surface area (Å²) in [6, 6.07) is 12.7. The molecule has 1 aromatic heterocycles. The van der Waals surface area contributed by atoms with Crippen molar-refractivity contribution < 1.29 is 24.2 Å². The first-order valence-electron chi connectivity index (χ1n) is 9.34. The van der Waals surface area contributed by atoms with Crippen LogP contribution in [0.2, 0.25) is 0 Å². The summed E-state index contributed by atoms with van der Waals surface area (Å²) in [6.07, 6.45) is 0. The van der Waals surface area contributed by atoms with Crippen LogP contribution in [0.4, 0.5) is 16.4 Å². The SMILES string of the molecule is CCOC(=O)c1cc(-c2ccccc2)sc1NC(=O)c1cc([N+](=O)[O-])c(C)c([N+](=O)[O-])c1. The Hall–Kier alpha value is -4.12. The average Bonchev–Trinajstić information content (AvgIpc) is 3.18. The highest BCUT2D eigenvalue weighted by Crippen LogP contribution is 2.37. The third kappa shape index (κ3) is 4.62. The van der Waals surface area contributed by atoms with Gasteiger partial charge in [0.15, 0.2) is 0 Å². The lowest BCUT2D eigenvalue weighted by Crippen LogP contribution is -2.15. The summed E-state index contributed by atoms with van der Waals surface area (Å²) in [7, 11) is 0. The molecule has 164 valence electrons. The lowest BCUT2D eigenvalue weighted by molar-refractivity contribution is -0.395. The van der Waals surface area contributed by atoms with E-state index in [9.17, 15) is 29.8 Å². The van der Waals surface area contributed by atoms with Gasteiger partial charge in [0, 0.05) is 17.0 Å². The molecule has 0 fully saturated rings. The summed E-state index contributed by atoms with van der Waals surface area (Å²) < 4.78 is 5.06. The van der Waals surface area contributed by atoms with Gasteiger partial charge in [-0.2, -0.15) is 0 Å². The Labute approximate surface area is 185 Å². The number of hydrogen-bond acceptors (Lipinski definition) is 8. The van der Waals surface area contributed by atoms with Crippen LogP contribution in [0.5, 0.6) is 0 Å². The minimum atomic E-state index is -0.830. The molecule has 3 aromatic rings. The van der Waals surface area contributed by atoms with Gasteiger partial charge in [-0.3, -0.25) is 25.0 Å². The molecule has 0 bridgehead atoms. The monoisotopic (exact) mass is 455 g/mol. The molecule has 11 heteroatoms. The largest absolute Gasteiger partial charge is 0.462 e. The molecule has 0 radical (unpaired) electrons. The second-order valence-corrected chi connectivity index (χ2v) is 7.60. The fraction of sp³-hybridized carbons (Fsp3) is 0.143. The molecule has 3 rings (SSSR count). The van der Waals surface area contributed by atoms with Crippen molar-refractivity contribution >= 4 is 39.6 Å². The highest BCUT2D eigenvalue weighted by molar-refractivity contribution is 7.20. The summed E-state index contributed by atoms with van der Waals surface area (Å²) in [4.78, 5) is 47.0. The first-order chi connectivity index (χ1) is 15.2. The first-order valence-corrected chi connectivity index (χ1v) is 10.2. The molecule has 0 spiro atoms. The number of nitro groups is 2. The van der Waals surface area contributed by atoms with Crippen molar-refractivity contribution in [1.82, 2.24) is 0 Å². The van der Waals surface area contributed by atoms with Gasteiger partial charge in [-0.1, -0.05) is 30.3 Å². The fourth-order valence-corrected chi connectivity index (χ4v) is 4.01. The summed E-state index contributed by atoms with van der Waals surface area (Å²) in [5.41, 5.74) is -0.618. The van der Waals surface area contributed by atoms with Crippen molar-refractivity contribution in [2.75, 3.05) is 11.9 Å². The zero-order valence-electron chi connectivity index (χ0n) is 17.0. The predicted octanol–water partition coefficient (Wildman–Crippen LogP) is 4.97. The lowest BCUT2D eigenvalue weighted by atomic mass is 10.1. The van der Waals surface area contributed by atoms with Gasteiger partial charge in [0.1, 0.15) is 10.6 Å². The van der Waals surface area contributed by atoms with Gasteiger partial charge < -0.3 is 10.1 Å². The Morgan fingerprint density at radius 2 is 1.62 bits per heavy atom. The lowest BCUT2D eigenvalue weighted by Gasteiger charge is -2.07. The van der Waals surface area contributed by atoms with Crippen LogP contribution in [0.3, 0.4) is 0 Å². The maximum Gasteiger partial charge on any atom is 0.341 e. The van der Waals surface area contributed by atoms with Gasteiger partial charge in [-0.15, -0.1) is 11.3 Å². The van der Waals surface area contributed by atoms with E-state index in [0.29, 0.717) is 4.88 Å². The molecule has 1 amide bonds. The van der Waals surface area contributed by atoms with Crippen LogP contribution in [-0.2, 0) is 4.74 Å². The Bertz CT molecular complexity index is 1190. The van der Waals surface area contributed by atoms with Crippen LogP contribution in [0.15, 0.2) is 48.5 Å². The summed E-state index contributed by atoms with van der Waals surface area (Å²) >= 11 is 1.11. The summed E-state index contributed by atoms with van der Waals surface area (Å²) in [6.45, 7) is 3.01. The number of thiophene rings is 1. The zero-order chi connectivity index (χ0) is 23.4. The van der Waals surface area contributed by atoms with Crippen LogP contribution >= 0.6 is 11.3 Å². The number of nitrogens with zero attached hydrogens (tertiary/aromatic N) is 2. The molecule has 1 N–H and O–H groups in total. The third-order valence-electron chi connectivity index (χ3n) is 4.52. The Kier molecular flexibility index (Phi) is 6.59. The number of carbonyl (C=O) groups is 2. The predicted molar refractivity (Wildman–Crippen MR) is 118 cm³/mol. The number of anilines is 1. The van der Waals surface area contributed by atoms with Gasteiger partial charge >= 0.3 is 5.97 Å². The summed E-state index contributed by atoms with van der Waals surface area (Å²) in [5.74, 6) is -1.48. The number of esters is 1. The molecule has 0 aliphatic heterocycles. The van der Waals surface area contributed by atoms with Crippen molar-refractivity contribution in [2.24, 2.45) is 0 Å². The van der Waals surface area contributed by atoms with Crippen molar-refractivity contribution in [2.45, 2.75) is 13.8 Å². The summed E-state index contributed by atoms with van der Waals surface area (Å²) in [5, 5.41) is 25.3. The number of ether oxygens (including phenoxy) is 1. The Morgan fingerprint density at radius 1 is 1.03 bits per heavy atom. The van der Waals surface area contributed by atoms with E-state index in [1.807, 2.05) is 30.3 Å². The van der Waals surface area contributed by atoms with E-state index in [2.05, 4.69) is 5.32 Å². The minimum Gasteiger partial charge on any atom is -0.462 e. The minimum absolute atomic E-state index is 0.111. The van der Waals surface area contributed by atoms with Crippen molar-refractivity contribution in [3.8, 4) is 10.4 Å². The number of carbonyl (C=O) groups excluding carboxylic acids is 2. The Balaban J connectivity index is 2.03. The van der Waals surface area contributed by atoms with Gasteiger partial charge in [-0.25, -0.2) is 4.79 Å². The van der Waals surface area contributed by atoms with Crippen molar-refractivity contribution in [3.63, 3.8) is 0 Å². The molecule has 2 aromatic carbocycles. The van der Waals surface area contributed by atoms with Crippen LogP contribution in [0.25, 0.3) is 10.4 Å². The maximum absolute atomic E-state index is 12.9. The second-order valence-electron chi connectivity index (χ2n) is 6.55. The van der Waals surface area contributed by atoms with E-state index >= 15 is 0 Å². The highest BCUT2D eigenvalue weighted by atomic mass is 32.1. The topological polar surface area (TPSA) is 142 Å². The highest BCUT2D eigenvalue weighted by Gasteiger charge is 2.27. The second kappa shape index (κ2) is 9.35. The molecular weight excluding hydrogens is 438 g/mol. The number of amides is 1. The smallest absolute Gasteiger partial charge is 0.341 e. The van der Waals surface area contributed by atoms with Crippen molar-refractivity contribution in [1.29, 1.82) is 0 Å². The quantitative estimate of drug-likeness (QED) is 0.301. The molecule has 0 unspecified atom stereocenters. The standard InChI is InChI=1S/C21H17N3O7S/c1-3-31-21(26)15-11-18(13-7-5-4-6-8-13)32-20(15)22-19(25)14-9-16(23(27)28)12(2)17(10-14)24(29)30/h4-11H,3H2,1-2H3,(H,22,25). The van der Waals surface area contributed by atoms with Gasteiger partial charge in [0.25, 0.3) is 17.3 Å². The van der Waals surface area contributed by atoms with Gasteiger partial charge in [0.05, 0.1) is 27.6 Å². The first kappa shape index (κ1) is 22.6. The zero-order valence-corrected chi connectivity index (χ0v) is 17.8. The van der Waals surface area contributed by atoms with Gasteiger partial charge in [-0.05, 0) is 25.5 Å². The number of nitro benzene ring substituents is 2. The number of benzene rings is 2.